The molecule has 0 aromatic carbocycles. The van der Waals surface area contributed by atoms with Crippen LogP contribution in [-0.4, -0.2) is 16.9 Å². The second-order valence-corrected chi connectivity index (χ2v) is 2.39. The van der Waals surface area contributed by atoms with Crippen LogP contribution in [0.4, 0.5) is 0 Å². The zero-order valence-corrected chi connectivity index (χ0v) is 7.70. The predicted octanol–water partition coefficient (Wildman–Crippen LogP) is 1.72. The molecule has 0 aromatic rings. The fraction of sp³-hybridized carbons (Fsp3) is 0.200. The average Bonchev–Trinajstić information content (AvgIpc) is 2.03. The van der Waals surface area contributed by atoms with Gasteiger partial charge in [0.1, 0.15) is 0 Å². The van der Waals surface area contributed by atoms with Crippen LogP contribution in [0.2, 0.25) is 0 Å². The van der Waals surface area contributed by atoms with Crippen molar-refractivity contribution in [2.75, 3.05) is 0 Å². The molecule has 0 saturated heterocycles. The van der Waals surface area contributed by atoms with Crippen LogP contribution in [0, 0.1) is 0 Å². The van der Waals surface area contributed by atoms with Crippen molar-refractivity contribution in [1.82, 2.24) is 0 Å². The summed E-state index contributed by atoms with van der Waals surface area (Å²) in [5, 5.41) is 8.75. The Bertz CT molecular complexity index is 295. The van der Waals surface area contributed by atoms with Gasteiger partial charge in [-0.2, -0.15) is 0 Å². The van der Waals surface area contributed by atoms with Gasteiger partial charge in [-0.3, -0.25) is 4.79 Å². The summed E-state index contributed by atoms with van der Waals surface area (Å²) in [5.41, 5.74) is 0.107. The molecule has 0 fully saturated rings. The van der Waals surface area contributed by atoms with Crippen LogP contribution < -0.4 is 0 Å². The Morgan fingerprint density at radius 2 is 1.85 bits per heavy atom. The van der Waals surface area contributed by atoms with E-state index in [4.69, 9.17) is 5.11 Å². The topological polar surface area (TPSA) is 54.4 Å². The Hall–Kier alpha value is -1.64. The third-order valence-corrected chi connectivity index (χ3v) is 1.44. The summed E-state index contributed by atoms with van der Waals surface area (Å²) in [4.78, 5) is 21.7. The van der Waals surface area contributed by atoms with Gasteiger partial charge in [0.05, 0.1) is 5.57 Å². The molecule has 0 saturated carbocycles. The highest BCUT2D eigenvalue weighted by atomic mass is 16.4. The monoisotopic (exact) mass is 180 g/mol. The summed E-state index contributed by atoms with van der Waals surface area (Å²) < 4.78 is 0. The summed E-state index contributed by atoms with van der Waals surface area (Å²) >= 11 is 0. The molecule has 0 aliphatic carbocycles. The molecular weight excluding hydrogens is 168 g/mol. The molecule has 0 aliphatic heterocycles. The van der Waals surface area contributed by atoms with Crippen LogP contribution in [0.25, 0.3) is 0 Å². The van der Waals surface area contributed by atoms with Crippen molar-refractivity contribution < 1.29 is 14.7 Å². The van der Waals surface area contributed by atoms with Crippen molar-refractivity contribution in [1.29, 1.82) is 0 Å². The molecule has 13 heavy (non-hydrogen) atoms. The average molecular weight is 180 g/mol. The molecule has 0 atom stereocenters. The molecule has 0 heterocycles. The van der Waals surface area contributed by atoms with Crippen molar-refractivity contribution >= 4 is 11.8 Å². The van der Waals surface area contributed by atoms with Crippen LogP contribution >= 0.6 is 0 Å². The quantitative estimate of drug-likeness (QED) is 0.529. The minimum atomic E-state index is -1.12. The summed E-state index contributed by atoms with van der Waals surface area (Å²) in [7, 11) is 0. The van der Waals surface area contributed by atoms with E-state index in [-0.39, 0.29) is 16.9 Å². The first-order chi connectivity index (χ1) is 6.04. The summed E-state index contributed by atoms with van der Waals surface area (Å²) in [6.07, 6.45) is 4.20. The lowest BCUT2D eigenvalue weighted by Crippen LogP contribution is -2.06. The smallest absolute Gasteiger partial charge is 0.336 e. The van der Waals surface area contributed by atoms with E-state index in [9.17, 15) is 9.59 Å². The van der Waals surface area contributed by atoms with E-state index in [1.165, 1.54) is 19.1 Å². The summed E-state index contributed by atoms with van der Waals surface area (Å²) in [6, 6.07) is 0. The number of Topliss-reactive ketones (excluding diaryl/α,β-unsaturated/α-hetero) is 1. The second-order valence-electron chi connectivity index (χ2n) is 2.39. The maximum Gasteiger partial charge on any atom is 0.336 e. The molecule has 0 rings (SSSR count). The van der Waals surface area contributed by atoms with E-state index >= 15 is 0 Å². The first-order valence-corrected chi connectivity index (χ1v) is 3.78. The van der Waals surface area contributed by atoms with E-state index in [1.54, 1.807) is 13.0 Å². The fourth-order valence-electron chi connectivity index (χ4n) is 0.886. The predicted molar refractivity (Wildman–Crippen MR) is 50.4 cm³/mol. The maximum atomic E-state index is 11.0. The SMILES string of the molecule is C=C/C(C(C)=O)=C(\C=C/C)C(=O)O. The van der Waals surface area contributed by atoms with Gasteiger partial charge in [0, 0.05) is 5.57 Å². The highest BCUT2D eigenvalue weighted by Gasteiger charge is 2.11. The molecule has 0 radical (unpaired) electrons. The third-order valence-electron chi connectivity index (χ3n) is 1.44. The largest absolute Gasteiger partial charge is 0.478 e. The highest BCUT2D eigenvalue weighted by molar-refractivity contribution is 6.05. The van der Waals surface area contributed by atoms with Crippen molar-refractivity contribution in [2.45, 2.75) is 13.8 Å². The maximum absolute atomic E-state index is 11.0. The van der Waals surface area contributed by atoms with Gasteiger partial charge >= 0.3 is 5.97 Å². The molecule has 0 amide bonds. The number of carbonyl (C=O) groups excluding carboxylic acids is 1. The number of hydrogen-bond acceptors (Lipinski definition) is 2. The summed E-state index contributed by atoms with van der Waals surface area (Å²) in [6.45, 7) is 6.39. The molecule has 0 aliphatic rings. The Kier molecular flexibility index (Phi) is 4.44. The van der Waals surface area contributed by atoms with Crippen LogP contribution in [0.3, 0.4) is 0 Å². The molecule has 0 spiro atoms. The van der Waals surface area contributed by atoms with Crippen molar-refractivity contribution in [3.8, 4) is 0 Å². The molecule has 0 aromatic heterocycles. The molecule has 70 valence electrons. The van der Waals surface area contributed by atoms with Gasteiger partial charge in [-0.15, -0.1) is 0 Å². The Morgan fingerprint density at radius 3 is 2.08 bits per heavy atom. The summed E-state index contributed by atoms with van der Waals surface area (Å²) in [5.74, 6) is -1.42. The molecule has 0 unspecified atom stereocenters. The Labute approximate surface area is 77.1 Å². The normalized spacial score (nSPS) is 12.5. The van der Waals surface area contributed by atoms with Crippen LogP contribution in [0.1, 0.15) is 13.8 Å². The van der Waals surface area contributed by atoms with Gasteiger partial charge in [-0.25, -0.2) is 4.79 Å². The first-order valence-electron chi connectivity index (χ1n) is 3.78. The Morgan fingerprint density at radius 1 is 1.31 bits per heavy atom. The number of carbonyl (C=O) groups is 2. The Balaban J connectivity index is 5.38. The van der Waals surface area contributed by atoms with Crippen LogP contribution in [-0.2, 0) is 9.59 Å². The highest BCUT2D eigenvalue weighted by Crippen LogP contribution is 2.09. The molecular formula is C10H12O3. The molecule has 3 nitrogen and oxygen atoms in total. The van der Waals surface area contributed by atoms with Gasteiger partial charge in [0.2, 0.25) is 0 Å². The lowest BCUT2D eigenvalue weighted by atomic mass is 10.0. The van der Waals surface area contributed by atoms with E-state index in [0.717, 1.165) is 0 Å². The molecule has 0 bridgehead atoms. The minimum absolute atomic E-state index is 0.0231. The van der Waals surface area contributed by atoms with E-state index in [1.807, 2.05) is 0 Å². The number of aliphatic carboxylic acids is 1. The first kappa shape index (κ1) is 11.4. The molecule has 1 N–H and O–H groups in total. The number of hydrogen-bond donors (Lipinski definition) is 1. The van der Waals surface area contributed by atoms with Crippen molar-refractivity contribution in [3.63, 3.8) is 0 Å². The fourth-order valence-corrected chi connectivity index (χ4v) is 0.886. The zero-order valence-electron chi connectivity index (χ0n) is 7.70. The van der Waals surface area contributed by atoms with Gasteiger partial charge in [-0.1, -0.05) is 24.8 Å². The van der Waals surface area contributed by atoms with Gasteiger partial charge < -0.3 is 5.11 Å². The van der Waals surface area contributed by atoms with E-state index in [2.05, 4.69) is 6.58 Å². The zero-order chi connectivity index (χ0) is 10.4. The van der Waals surface area contributed by atoms with Crippen LogP contribution in [0.15, 0.2) is 36.0 Å². The number of carboxylic acid groups (broad SMARTS) is 1. The number of allylic oxidation sites excluding steroid dienone is 3. The number of carboxylic acids is 1. The van der Waals surface area contributed by atoms with E-state index in [0.29, 0.717) is 0 Å². The lowest BCUT2D eigenvalue weighted by molar-refractivity contribution is -0.132. The number of ketones is 1. The van der Waals surface area contributed by atoms with Crippen molar-refractivity contribution in [3.05, 3.63) is 36.0 Å². The third kappa shape index (κ3) is 3.07. The lowest BCUT2D eigenvalue weighted by Gasteiger charge is -2.00. The van der Waals surface area contributed by atoms with Crippen LogP contribution in [0.5, 0.6) is 0 Å². The standard InChI is InChI=1S/C10H12O3/c1-4-6-9(10(12)13)8(5-2)7(3)11/h4-6H,2H2,1,3H3,(H,12,13)/b6-4-,9-8-. The van der Waals surface area contributed by atoms with Gasteiger partial charge in [0.15, 0.2) is 5.78 Å². The number of rotatable bonds is 4. The van der Waals surface area contributed by atoms with Gasteiger partial charge in [0.25, 0.3) is 0 Å². The van der Waals surface area contributed by atoms with Crippen molar-refractivity contribution in [2.24, 2.45) is 0 Å². The molecule has 3 heteroatoms. The second kappa shape index (κ2) is 5.09. The van der Waals surface area contributed by atoms with E-state index < -0.39 is 5.97 Å². The minimum Gasteiger partial charge on any atom is -0.478 e. The van der Waals surface area contributed by atoms with Gasteiger partial charge in [-0.05, 0) is 13.8 Å².